The van der Waals surface area contributed by atoms with Crippen molar-refractivity contribution in [3.05, 3.63) is 20.8 Å². The summed E-state index contributed by atoms with van der Waals surface area (Å²) < 4.78 is 6.96. The molecule has 0 bridgehead atoms. The summed E-state index contributed by atoms with van der Waals surface area (Å²) >= 11 is 3.06. The molecule has 1 fully saturated rings. The van der Waals surface area contributed by atoms with Crippen LogP contribution in [-0.2, 0) is 28.9 Å². The Balaban J connectivity index is 1.58. The average molecular weight is 450 g/mol. The molecule has 0 spiro atoms. The number of thiophene rings is 1. The number of carbonyl (C=O) groups is 1. The van der Waals surface area contributed by atoms with Crippen molar-refractivity contribution in [3.8, 4) is 0 Å². The van der Waals surface area contributed by atoms with Gasteiger partial charge in [0.2, 0.25) is 5.91 Å². The summed E-state index contributed by atoms with van der Waals surface area (Å²) in [6.45, 7) is 2.61. The molecule has 0 atom stereocenters. The minimum atomic E-state index is 0.0256. The van der Waals surface area contributed by atoms with Gasteiger partial charge in [-0.05, 0) is 44.1 Å². The third-order valence-electron chi connectivity index (χ3n) is 6.09. The molecule has 6 nitrogen and oxygen atoms in total. The molecule has 2 aromatic rings. The molecule has 0 unspecified atom stereocenters. The van der Waals surface area contributed by atoms with E-state index in [1.165, 1.54) is 47.9 Å². The van der Waals surface area contributed by atoms with Crippen LogP contribution in [0.25, 0.3) is 10.2 Å². The average Bonchev–Trinajstić information content (AvgIpc) is 3.10. The van der Waals surface area contributed by atoms with E-state index in [-0.39, 0.29) is 11.5 Å². The number of methoxy groups -OCH3 is 1. The lowest BCUT2D eigenvalue weighted by Crippen LogP contribution is -2.35. The van der Waals surface area contributed by atoms with Gasteiger partial charge in [-0.15, -0.1) is 11.3 Å². The Morgan fingerprint density at radius 3 is 2.60 bits per heavy atom. The van der Waals surface area contributed by atoms with Gasteiger partial charge in [0, 0.05) is 25.1 Å². The topological polar surface area (TPSA) is 64.4 Å². The molecule has 1 aliphatic heterocycles. The Kier molecular flexibility index (Phi) is 7.49. The van der Waals surface area contributed by atoms with Gasteiger partial charge in [0.25, 0.3) is 5.56 Å². The van der Waals surface area contributed by atoms with Crippen LogP contribution < -0.4 is 5.56 Å². The number of ether oxygens (including phenoxy) is 1. The van der Waals surface area contributed by atoms with Crippen LogP contribution in [0.3, 0.4) is 0 Å². The summed E-state index contributed by atoms with van der Waals surface area (Å²) in [6, 6.07) is 0. The first-order chi connectivity index (χ1) is 14.7. The van der Waals surface area contributed by atoms with Gasteiger partial charge < -0.3 is 9.64 Å². The van der Waals surface area contributed by atoms with E-state index in [1.54, 1.807) is 23.0 Å². The number of thioether (sulfide) groups is 1. The summed E-state index contributed by atoms with van der Waals surface area (Å²) in [7, 11) is 1.64. The van der Waals surface area contributed by atoms with Crippen LogP contribution in [0.2, 0.25) is 0 Å². The summed E-state index contributed by atoms with van der Waals surface area (Å²) in [4.78, 5) is 35.2. The van der Waals surface area contributed by atoms with Crippen LogP contribution in [-0.4, -0.2) is 52.9 Å². The van der Waals surface area contributed by atoms with Crippen molar-refractivity contribution in [1.29, 1.82) is 0 Å². The number of hydrogen-bond acceptors (Lipinski definition) is 6. The van der Waals surface area contributed by atoms with Crippen molar-refractivity contribution >= 4 is 39.2 Å². The highest BCUT2D eigenvalue weighted by Crippen LogP contribution is 2.34. The number of amides is 1. The van der Waals surface area contributed by atoms with Crippen molar-refractivity contribution < 1.29 is 9.53 Å². The minimum absolute atomic E-state index is 0.0256. The van der Waals surface area contributed by atoms with E-state index in [0.29, 0.717) is 24.1 Å². The Morgan fingerprint density at radius 1 is 1.10 bits per heavy atom. The number of hydrogen-bond donors (Lipinski definition) is 0. The zero-order chi connectivity index (χ0) is 20.9. The number of likely N-dealkylation sites (tertiary alicyclic amines) is 1. The number of aromatic nitrogens is 2. The van der Waals surface area contributed by atoms with Gasteiger partial charge in [0.05, 0.1) is 24.3 Å². The van der Waals surface area contributed by atoms with Crippen molar-refractivity contribution in [3.63, 3.8) is 0 Å². The van der Waals surface area contributed by atoms with Crippen LogP contribution in [0.15, 0.2) is 9.95 Å². The van der Waals surface area contributed by atoms with Crippen LogP contribution in [0, 0.1) is 0 Å². The Hall–Kier alpha value is -1.38. The molecule has 0 aromatic carbocycles. The summed E-state index contributed by atoms with van der Waals surface area (Å²) in [5.74, 6) is 0.482. The maximum atomic E-state index is 13.4. The first kappa shape index (κ1) is 21.8. The normalized spacial score (nSPS) is 17.6. The molecular weight excluding hydrogens is 418 g/mol. The molecule has 1 saturated heterocycles. The second-order valence-corrected chi connectivity index (χ2v) is 10.2. The lowest BCUT2D eigenvalue weighted by atomic mass is 9.97. The zero-order valence-corrected chi connectivity index (χ0v) is 19.4. The van der Waals surface area contributed by atoms with E-state index < -0.39 is 0 Å². The predicted molar refractivity (Wildman–Crippen MR) is 123 cm³/mol. The largest absolute Gasteiger partial charge is 0.383 e. The molecule has 2 aromatic heterocycles. The van der Waals surface area contributed by atoms with Crippen LogP contribution in [0.4, 0.5) is 0 Å². The summed E-state index contributed by atoms with van der Waals surface area (Å²) in [6.07, 6.45) is 10.2. The minimum Gasteiger partial charge on any atom is -0.383 e. The lowest BCUT2D eigenvalue weighted by Gasteiger charge is -2.24. The number of nitrogens with zero attached hydrogens (tertiary/aromatic N) is 3. The van der Waals surface area contributed by atoms with Crippen LogP contribution in [0.5, 0.6) is 0 Å². The number of carbonyl (C=O) groups excluding carboxylic acids is 1. The maximum absolute atomic E-state index is 13.4. The third-order valence-corrected chi connectivity index (χ3v) is 8.24. The smallest absolute Gasteiger partial charge is 0.263 e. The summed E-state index contributed by atoms with van der Waals surface area (Å²) in [5.41, 5.74) is 1.23. The van der Waals surface area contributed by atoms with Gasteiger partial charge in [-0.1, -0.05) is 31.0 Å². The Bertz CT molecular complexity index is 945. The number of aryl methyl sites for hydroxylation is 2. The first-order valence-corrected chi connectivity index (χ1v) is 12.9. The maximum Gasteiger partial charge on any atom is 0.263 e. The van der Waals surface area contributed by atoms with Crippen molar-refractivity contribution in [2.75, 3.05) is 32.6 Å². The molecule has 4 rings (SSSR count). The van der Waals surface area contributed by atoms with Crippen molar-refractivity contribution in [2.24, 2.45) is 0 Å². The molecule has 1 aliphatic carbocycles. The Morgan fingerprint density at radius 2 is 1.83 bits per heavy atom. The first-order valence-electron chi connectivity index (χ1n) is 11.1. The lowest BCUT2D eigenvalue weighted by molar-refractivity contribution is -0.128. The molecule has 30 heavy (non-hydrogen) atoms. The zero-order valence-electron chi connectivity index (χ0n) is 17.8. The molecule has 3 heterocycles. The molecular formula is C22H31N3O3S2. The van der Waals surface area contributed by atoms with Gasteiger partial charge >= 0.3 is 0 Å². The fraction of sp³-hybridized carbons (Fsp3) is 0.682. The molecule has 0 radical (unpaired) electrons. The SMILES string of the molecule is COCCn1c(SCC(=O)N2CCCCCCC2)nc2sc3c(c2c1=O)CCCC3. The molecule has 0 N–H and O–H groups in total. The van der Waals surface area contributed by atoms with Gasteiger partial charge in [0.15, 0.2) is 5.16 Å². The number of fused-ring (bicyclic) bond motifs is 3. The monoisotopic (exact) mass is 449 g/mol. The highest BCUT2D eigenvalue weighted by Gasteiger charge is 2.23. The Labute approximate surface area is 186 Å². The molecule has 2 aliphatic rings. The number of rotatable bonds is 6. The molecule has 0 saturated carbocycles. The highest BCUT2D eigenvalue weighted by atomic mass is 32.2. The molecule has 164 valence electrons. The van der Waals surface area contributed by atoms with E-state index >= 15 is 0 Å². The second-order valence-electron chi connectivity index (χ2n) is 8.17. The fourth-order valence-corrected chi connectivity index (χ4v) is 6.65. The summed E-state index contributed by atoms with van der Waals surface area (Å²) in [5, 5.41) is 1.44. The molecule has 1 amide bonds. The predicted octanol–water partition coefficient (Wildman–Crippen LogP) is 3.87. The standard InChI is InChI=1S/C22H31N3O3S2/c1-28-14-13-25-21(27)19-16-9-5-6-10-17(16)30-20(19)23-22(25)29-15-18(26)24-11-7-3-2-4-8-12-24/h2-15H2,1H3. The van der Waals surface area contributed by atoms with Crippen LogP contribution in [0.1, 0.15) is 55.4 Å². The highest BCUT2D eigenvalue weighted by molar-refractivity contribution is 7.99. The molecule has 8 heteroatoms. The van der Waals surface area contributed by atoms with Gasteiger partial charge in [-0.3, -0.25) is 14.2 Å². The van der Waals surface area contributed by atoms with E-state index in [0.717, 1.165) is 55.4 Å². The van der Waals surface area contributed by atoms with Gasteiger partial charge in [0.1, 0.15) is 4.83 Å². The van der Waals surface area contributed by atoms with Crippen molar-refractivity contribution in [1.82, 2.24) is 14.5 Å². The van der Waals surface area contributed by atoms with E-state index in [9.17, 15) is 9.59 Å². The fourth-order valence-electron chi connectivity index (χ4n) is 4.42. The van der Waals surface area contributed by atoms with E-state index in [1.807, 2.05) is 4.90 Å². The third kappa shape index (κ3) is 4.75. The van der Waals surface area contributed by atoms with Crippen LogP contribution >= 0.6 is 23.1 Å². The van der Waals surface area contributed by atoms with E-state index in [4.69, 9.17) is 9.72 Å². The van der Waals surface area contributed by atoms with Crippen molar-refractivity contribution in [2.45, 2.75) is 69.5 Å². The quantitative estimate of drug-likeness (QED) is 0.495. The van der Waals surface area contributed by atoms with Gasteiger partial charge in [-0.25, -0.2) is 4.98 Å². The second kappa shape index (κ2) is 10.3. The van der Waals surface area contributed by atoms with Gasteiger partial charge in [-0.2, -0.15) is 0 Å². The van der Waals surface area contributed by atoms with E-state index in [2.05, 4.69) is 0 Å².